The van der Waals surface area contributed by atoms with E-state index in [9.17, 15) is 4.79 Å². The van der Waals surface area contributed by atoms with Crippen molar-refractivity contribution in [1.29, 1.82) is 0 Å². The Labute approximate surface area is 69.2 Å². The molecule has 0 radical (unpaired) electrons. The van der Waals surface area contributed by atoms with Crippen LogP contribution in [-0.4, -0.2) is 14.9 Å². The second-order valence-corrected chi connectivity index (χ2v) is 2.41. The van der Waals surface area contributed by atoms with Gasteiger partial charge in [0.05, 0.1) is 10.9 Å². The van der Waals surface area contributed by atoms with E-state index in [1.807, 2.05) is 0 Å². The minimum atomic E-state index is -0.444. The van der Waals surface area contributed by atoms with Gasteiger partial charge >= 0.3 is 0 Å². The minimum Gasteiger partial charge on any atom is -0.424 e. The topological polar surface area (TPSA) is 55.1 Å². The molecule has 4 heteroatoms. The summed E-state index contributed by atoms with van der Waals surface area (Å²) in [7, 11) is 0. The van der Waals surface area contributed by atoms with Crippen molar-refractivity contribution in [3.05, 3.63) is 40.9 Å². The van der Waals surface area contributed by atoms with Crippen molar-refractivity contribution < 1.29 is 6.63 Å². The second kappa shape index (κ2) is 2.34. The fraction of sp³-hybridized carbons (Fsp3) is 0. The average molecular weight is 164 g/mol. The fourth-order valence-corrected chi connectivity index (χ4v) is 1.06. The van der Waals surface area contributed by atoms with Crippen LogP contribution in [0, 0.1) is 0 Å². The molecule has 1 heterocycles. The van der Waals surface area contributed by atoms with Crippen LogP contribution in [0.5, 0.6) is 0 Å². The third-order valence-corrected chi connectivity index (χ3v) is 1.65. The van der Waals surface area contributed by atoms with E-state index in [-0.39, 0.29) is 1.43 Å². The first-order chi connectivity index (χ1) is 5.79. The van der Waals surface area contributed by atoms with Gasteiger partial charge in [0.2, 0.25) is 0 Å². The number of fused-ring (bicyclic) bond motifs is 1. The highest BCUT2D eigenvalue weighted by Gasteiger charge is 1.99. The molecule has 1 aromatic heterocycles. The van der Waals surface area contributed by atoms with Gasteiger partial charge in [-0.05, 0) is 12.1 Å². The summed E-state index contributed by atoms with van der Waals surface area (Å²) in [5.74, 6) is 0. The Hall–Kier alpha value is -1.84. The molecule has 0 amide bonds. The summed E-state index contributed by atoms with van der Waals surface area (Å²) in [5, 5.41) is 9.38. The van der Waals surface area contributed by atoms with Gasteiger partial charge in [-0.25, -0.2) is 4.98 Å². The Kier molecular flexibility index (Phi) is 1.33. The smallest absolute Gasteiger partial charge is 0.293 e. The first-order valence-corrected chi connectivity index (χ1v) is 3.45. The van der Waals surface area contributed by atoms with E-state index in [0.29, 0.717) is 15.6 Å². The number of para-hydroxylation sites is 1. The molecule has 0 spiro atoms. The number of benzene rings is 1. The van der Waals surface area contributed by atoms with Gasteiger partial charge in [0.25, 0.3) is 5.56 Å². The van der Waals surface area contributed by atoms with E-state index >= 15 is 0 Å². The summed E-state index contributed by atoms with van der Waals surface area (Å²) in [6.07, 6.45) is 1.09. The molecule has 62 valence electrons. The number of hydrogen-bond acceptors (Lipinski definition) is 3. The van der Waals surface area contributed by atoms with Crippen molar-refractivity contribution >= 4 is 10.9 Å². The summed E-state index contributed by atoms with van der Waals surface area (Å²) < 4.78 is 0.475. The van der Waals surface area contributed by atoms with Crippen LogP contribution in [0.1, 0.15) is 1.43 Å². The van der Waals surface area contributed by atoms with Gasteiger partial charge in [0.15, 0.2) is 0 Å². The van der Waals surface area contributed by atoms with Crippen molar-refractivity contribution in [2.45, 2.75) is 0 Å². The van der Waals surface area contributed by atoms with Crippen molar-refractivity contribution in [3.8, 4) is 0 Å². The molecule has 0 aliphatic rings. The molecule has 0 saturated carbocycles. The van der Waals surface area contributed by atoms with E-state index in [1.54, 1.807) is 24.3 Å². The van der Waals surface area contributed by atoms with Gasteiger partial charge in [-0.3, -0.25) is 4.79 Å². The molecule has 4 nitrogen and oxygen atoms in total. The highest BCUT2D eigenvalue weighted by Crippen LogP contribution is 2.03. The Morgan fingerprint density at radius 1 is 1.42 bits per heavy atom. The summed E-state index contributed by atoms with van der Waals surface area (Å²) in [6, 6.07) is 6.86. The SMILES string of the molecule is O=c1c2ccccc2ncn1O.[HH]. The Morgan fingerprint density at radius 2 is 2.17 bits per heavy atom. The van der Waals surface area contributed by atoms with Gasteiger partial charge in [-0.2, -0.15) is 0 Å². The average Bonchev–Trinajstić information content (AvgIpc) is 2.12. The largest absolute Gasteiger partial charge is 0.424 e. The molecule has 2 rings (SSSR count). The lowest BCUT2D eigenvalue weighted by molar-refractivity contribution is 0.173. The lowest BCUT2D eigenvalue weighted by Crippen LogP contribution is -2.17. The lowest BCUT2D eigenvalue weighted by Gasteiger charge is -1.96. The zero-order chi connectivity index (χ0) is 8.55. The van der Waals surface area contributed by atoms with Crippen molar-refractivity contribution in [2.24, 2.45) is 0 Å². The van der Waals surface area contributed by atoms with E-state index in [1.165, 1.54) is 0 Å². The monoisotopic (exact) mass is 164 g/mol. The number of nitrogens with zero attached hydrogens (tertiary/aromatic N) is 2. The van der Waals surface area contributed by atoms with E-state index < -0.39 is 5.56 Å². The number of hydrogen-bond donors (Lipinski definition) is 1. The third-order valence-electron chi connectivity index (χ3n) is 1.65. The maximum absolute atomic E-state index is 11.2. The van der Waals surface area contributed by atoms with Crippen molar-refractivity contribution in [3.63, 3.8) is 0 Å². The minimum absolute atomic E-state index is 0. The lowest BCUT2D eigenvalue weighted by atomic mass is 10.2. The van der Waals surface area contributed by atoms with Crippen LogP contribution < -0.4 is 5.56 Å². The molecule has 0 aliphatic carbocycles. The number of rotatable bonds is 0. The molecule has 1 aromatic carbocycles. The standard InChI is InChI=1S/C8H6N2O2.H2/c11-8-6-3-1-2-4-7(6)9-5-10(8)12;/h1-5,12H;1H. The molecule has 0 bridgehead atoms. The van der Waals surface area contributed by atoms with Crippen LogP contribution in [-0.2, 0) is 0 Å². The molecule has 0 fully saturated rings. The Balaban J connectivity index is 0.000000845. The van der Waals surface area contributed by atoms with Crippen LogP contribution in [0.15, 0.2) is 35.4 Å². The van der Waals surface area contributed by atoms with E-state index in [4.69, 9.17) is 5.21 Å². The van der Waals surface area contributed by atoms with E-state index in [0.717, 1.165) is 6.33 Å². The molecule has 0 unspecified atom stereocenters. The van der Waals surface area contributed by atoms with Gasteiger partial charge in [0, 0.05) is 1.43 Å². The molecule has 0 saturated heterocycles. The molecule has 0 aliphatic heterocycles. The Morgan fingerprint density at radius 3 is 3.00 bits per heavy atom. The van der Waals surface area contributed by atoms with Gasteiger partial charge in [-0.1, -0.05) is 12.1 Å². The molecular weight excluding hydrogens is 156 g/mol. The molecular formula is C8H8N2O2. The number of aromatic nitrogens is 2. The summed E-state index contributed by atoms with van der Waals surface area (Å²) in [5.41, 5.74) is 0.147. The summed E-state index contributed by atoms with van der Waals surface area (Å²) >= 11 is 0. The predicted molar refractivity (Wildman–Crippen MR) is 45.3 cm³/mol. The molecule has 12 heavy (non-hydrogen) atoms. The van der Waals surface area contributed by atoms with Crippen LogP contribution in [0.3, 0.4) is 0 Å². The molecule has 2 aromatic rings. The molecule has 0 atom stereocenters. The van der Waals surface area contributed by atoms with Crippen molar-refractivity contribution in [1.82, 2.24) is 9.71 Å². The summed E-state index contributed by atoms with van der Waals surface area (Å²) in [4.78, 5) is 15.1. The first-order valence-electron chi connectivity index (χ1n) is 3.45. The highest BCUT2D eigenvalue weighted by atomic mass is 16.5. The first kappa shape index (κ1) is 6.84. The predicted octanol–water partition coefficient (Wildman–Crippen LogP) is 0.880. The third kappa shape index (κ3) is 0.852. The Bertz CT molecular complexity index is 481. The van der Waals surface area contributed by atoms with Gasteiger partial charge < -0.3 is 5.21 Å². The van der Waals surface area contributed by atoms with Crippen LogP contribution in [0.2, 0.25) is 0 Å². The second-order valence-electron chi connectivity index (χ2n) is 2.41. The molecule has 1 N–H and O–H groups in total. The normalized spacial score (nSPS) is 10.3. The van der Waals surface area contributed by atoms with Crippen LogP contribution >= 0.6 is 0 Å². The zero-order valence-corrected chi connectivity index (χ0v) is 6.14. The maximum atomic E-state index is 11.2. The van der Waals surface area contributed by atoms with E-state index in [2.05, 4.69) is 4.98 Å². The quantitative estimate of drug-likeness (QED) is 0.588. The summed E-state index contributed by atoms with van der Waals surface area (Å²) in [6.45, 7) is 0. The van der Waals surface area contributed by atoms with Crippen LogP contribution in [0.4, 0.5) is 0 Å². The van der Waals surface area contributed by atoms with Crippen LogP contribution in [0.25, 0.3) is 10.9 Å². The van der Waals surface area contributed by atoms with Gasteiger partial charge in [0.1, 0.15) is 6.33 Å². The van der Waals surface area contributed by atoms with Crippen molar-refractivity contribution in [2.75, 3.05) is 0 Å². The maximum Gasteiger partial charge on any atom is 0.293 e. The fourth-order valence-electron chi connectivity index (χ4n) is 1.06. The zero-order valence-electron chi connectivity index (χ0n) is 6.14. The highest BCUT2D eigenvalue weighted by molar-refractivity contribution is 5.76. The van der Waals surface area contributed by atoms with Gasteiger partial charge in [-0.15, -0.1) is 4.73 Å².